The van der Waals surface area contributed by atoms with Crippen molar-refractivity contribution >= 4 is 11.6 Å². The molecule has 2 heterocycles. The summed E-state index contributed by atoms with van der Waals surface area (Å²) >= 11 is 6.03. The first-order valence-electron chi connectivity index (χ1n) is 5.97. The number of aryl methyl sites for hydroxylation is 1. The van der Waals surface area contributed by atoms with Crippen LogP contribution in [0.1, 0.15) is 5.56 Å². The molecule has 0 aliphatic heterocycles. The second-order valence-corrected chi connectivity index (χ2v) is 4.70. The third kappa shape index (κ3) is 2.37. The molecule has 0 amide bonds. The standard InChI is InChI=1S/C15H12ClN3/c1-11-10-12(5-6-13(11)16)14-7-9-19(18-14)15-4-2-3-8-17-15/h2-10H,1H3. The highest BCUT2D eigenvalue weighted by Gasteiger charge is 2.05. The Balaban J connectivity index is 1.99. The highest BCUT2D eigenvalue weighted by Crippen LogP contribution is 2.23. The lowest BCUT2D eigenvalue weighted by atomic mass is 10.1. The quantitative estimate of drug-likeness (QED) is 0.706. The summed E-state index contributed by atoms with van der Waals surface area (Å²) in [5, 5.41) is 5.30. The van der Waals surface area contributed by atoms with Crippen LogP contribution in [-0.2, 0) is 0 Å². The summed E-state index contributed by atoms with van der Waals surface area (Å²) in [6.45, 7) is 1.99. The van der Waals surface area contributed by atoms with Crippen LogP contribution in [0.2, 0.25) is 5.02 Å². The molecule has 3 aromatic rings. The fourth-order valence-electron chi connectivity index (χ4n) is 1.90. The lowest BCUT2D eigenvalue weighted by Crippen LogP contribution is -1.97. The molecule has 0 bridgehead atoms. The van der Waals surface area contributed by atoms with Crippen LogP contribution in [0.25, 0.3) is 17.1 Å². The van der Waals surface area contributed by atoms with E-state index in [0.717, 1.165) is 27.7 Å². The molecule has 0 saturated heterocycles. The molecule has 0 atom stereocenters. The van der Waals surface area contributed by atoms with Crippen LogP contribution >= 0.6 is 11.6 Å². The molecule has 0 fully saturated rings. The Morgan fingerprint density at radius 1 is 1.11 bits per heavy atom. The summed E-state index contributed by atoms with van der Waals surface area (Å²) in [7, 11) is 0. The highest BCUT2D eigenvalue weighted by atomic mass is 35.5. The Morgan fingerprint density at radius 3 is 2.74 bits per heavy atom. The van der Waals surface area contributed by atoms with Gasteiger partial charge in [0.15, 0.2) is 5.82 Å². The molecule has 0 aliphatic carbocycles. The highest BCUT2D eigenvalue weighted by molar-refractivity contribution is 6.31. The number of rotatable bonds is 2. The van der Waals surface area contributed by atoms with Crippen LogP contribution in [0.3, 0.4) is 0 Å². The van der Waals surface area contributed by atoms with E-state index in [1.165, 1.54) is 0 Å². The molecule has 2 aromatic heterocycles. The van der Waals surface area contributed by atoms with Crippen LogP contribution in [0.5, 0.6) is 0 Å². The number of halogens is 1. The van der Waals surface area contributed by atoms with E-state index in [2.05, 4.69) is 10.1 Å². The van der Waals surface area contributed by atoms with Crippen molar-refractivity contribution in [2.24, 2.45) is 0 Å². The lowest BCUT2D eigenvalue weighted by molar-refractivity contribution is 0.850. The minimum Gasteiger partial charge on any atom is -0.237 e. The maximum atomic E-state index is 6.03. The molecule has 0 aliphatic rings. The molecular formula is C15H12ClN3. The van der Waals surface area contributed by atoms with Gasteiger partial charge in [-0.1, -0.05) is 23.7 Å². The van der Waals surface area contributed by atoms with Crippen LogP contribution in [0, 0.1) is 6.92 Å². The van der Waals surface area contributed by atoms with E-state index in [1.54, 1.807) is 10.9 Å². The van der Waals surface area contributed by atoms with Crippen molar-refractivity contribution in [3.8, 4) is 17.1 Å². The van der Waals surface area contributed by atoms with Crippen LogP contribution in [0.4, 0.5) is 0 Å². The number of hydrogen-bond donors (Lipinski definition) is 0. The molecular weight excluding hydrogens is 258 g/mol. The van der Waals surface area contributed by atoms with E-state index in [9.17, 15) is 0 Å². The third-order valence-corrected chi connectivity index (χ3v) is 3.35. The smallest absolute Gasteiger partial charge is 0.153 e. The predicted octanol–water partition coefficient (Wildman–Crippen LogP) is 3.90. The maximum absolute atomic E-state index is 6.03. The van der Waals surface area contributed by atoms with Crippen molar-refractivity contribution in [3.05, 3.63) is 65.4 Å². The van der Waals surface area contributed by atoms with Gasteiger partial charge in [-0.05, 0) is 42.8 Å². The van der Waals surface area contributed by atoms with E-state index in [0.29, 0.717) is 0 Å². The molecule has 0 radical (unpaired) electrons. The summed E-state index contributed by atoms with van der Waals surface area (Å²) in [6, 6.07) is 13.6. The molecule has 3 rings (SSSR count). The van der Waals surface area contributed by atoms with Gasteiger partial charge in [-0.2, -0.15) is 5.10 Å². The van der Waals surface area contributed by atoms with Gasteiger partial charge in [-0.3, -0.25) is 0 Å². The zero-order valence-corrected chi connectivity index (χ0v) is 11.2. The summed E-state index contributed by atoms with van der Waals surface area (Å²) in [5.41, 5.74) is 3.01. The molecule has 94 valence electrons. The van der Waals surface area contributed by atoms with E-state index < -0.39 is 0 Å². The average molecular weight is 270 g/mol. The summed E-state index contributed by atoms with van der Waals surface area (Å²) in [5.74, 6) is 0.805. The van der Waals surface area contributed by atoms with Gasteiger partial charge in [-0.15, -0.1) is 0 Å². The zero-order chi connectivity index (χ0) is 13.2. The summed E-state index contributed by atoms with van der Waals surface area (Å²) in [4.78, 5) is 4.27. The van der Waals surface area contributed by atoms with Crippen molar-refractivity contribution in [1.29, 1.82) is 0 Å². The van der Waals surface area contributed by atoms with Crippen molar-refractivity contribution in [1.82, 2.24) is 14.8 Å². The molecule has 0 unspecified atom stereocenters. The van der Waals surface area contributed by atoms with Gasteiger partial charge < -0.3 is 0 Å². The molecule has 4 heteroatoms. The van der Waals surface area contributed by atoms with Crippen molar-refractivity contribution < 1.29 is 0 Å². The summed E-state index contributed by atoms with van der Waals surface area (Å²) in [6.07, 6.45) is 3.66. The first-order chi connectivity index (χ1) is 9.24. The van der Waals surface area contributed by atoms with E-state index >= 15 is 0 Å². The Bertz CT molecular complexity index is 704. The molecule has 0 spiro atoms. The molecule has 1 aromatic carbocycles. The Labute approximate surface area is 116 Å². The molecule has 0 saturated carbocycles. The van der Waals surface area contributed by atoms with E-state index in [-0.39, 0.29) is 0 Å². The molecule has 3 nitrogen and oxygen atoms in total. The van der Waals surface area contributed by atoms with Crippen LogP contribution in [0.15, 0.2) is 54.9 Å². The van der Waals surface area contributed by atoms with E-state index in [1.807, 2.05) is 55.6 Å². The normalized spacial score (nSPS) is 10.6. The minimum atomic E-state index is 0.771. The number of benzene rings is 1. The monoisotopic (exact) mass is 269 g/mol. The van der Waals surface area contributed by atoms with Gasteiger partial charge in [0.2, 0.25) is 0 Å². The second-order valence-electron chi connectivity index (χ2n) is 4.30. The average Bonchev–Trinajstić information content (AvgIpc) is 2.93. The fourth-order valence-corrected chi connectivity index (χ4v) is 2.02. The molecule has 19 heavy (non-hydrogen) atoms. The lowest BCUT2D eigenvalue weighted by Gasteiger charge is -2.02. The largest absolute Gasteiger partial charge is 0.237 e. The predicted molar refractivity (Wildman–Crippen MR) is 76.5 cm³/mol. The second kappa shape index (κ2) is 4.86. The number of aromatic nitrogens is 3. The van der Waals surface area contributed by atoms with Crippen LogP contribution < -0.4 is 0 Å². The first-order valence-corrected chi connectivity index (χ1v) is 6.35. The van der Waals surface area contributed by atoms with E-state index in [4.69, 9.17) is 11.6 Å². The fraction of sp³-hybridized carbons (Fsp3) is 0.0667. The van der Waals surface area contributed by atoms with Gasteiger partial charge in [-0.25, -0.2) is 9.67 Å². The van der Waals surface area contributed by atoms with Gasteiger partial charge in [0.25, 0.3) is 0 Å². The van der Waals surface area contributed by atoms with Gasteiger partial charge in [0, 0.05) is 23.0 Å². The summed E-state index contributed by atoms with van der Waals surface area (Å²) < 4.78 is 1.76. The third-order valence-electron chi connectivity index (χ3n) is 2.93. The number of nitrogens with zero attached hydrogens (tertiary/aromatic N) is 3. The van der Waals surface area contributed by atoms with Crippen molar-refractivity contribution in [2.45, 2.75) is 6.92 Å². The number of hydrogen-bond acceptors (Lipinski definition) is 2. The molecule has 0 N–H and O–H groups in total. The van der Waals surface area contributed by atoms with Gasteiger partial charge in [0.05, 0.1) is 5.69 Å². The topological polar surface area (TPSA) is 30.7 Å². The SMILES string of the molecule is Cc1cc(-c2ccn(-c3ccccn3)n2)ccc1Cl. The number of pyridine rings is 1. The minimum absolute atomic E-state index is 0.771. The van der Waals surface area contributed by atoms with Crippen molar-refractivity contribution in [2.75, 3.05) is 0 Å². The zero-order valence-electron chi connectivity index (χ0n) is 10.4. The maximum Gasteiger partial charge on any atom is 0.153 e. The van der Waals surface area contributed by atoms with Crippen LogP contribution in [-0.4, -0.2) is 14.8 Å². The van der Waals surface area contributed by atoms with Gasteiger partial charge in [0.1, 0.15) is 0 Å². The van der Waals surface area contributed by atoms with Crippen molar-refractivity contribution in [3.63, 3.8) is 0 Å². The first kappa shape index (κ1) is 11.9. The van der Waals surface area contributed by atoms with Gasteiger partial charge >= 0.3 is 0 Å². The Hall–Kier alpha value is -2.13. The Morgan fingerprint density at radius 2 is 2.00 bits per heavy atom. The Kier molecular flexibility index (Phi) is 3.05.